The van der Waals surface area contributed by atoms with Crippen LogP contribution in [0.3, 0.4) is 0 Å². The topological polar surface area (TPSA) is 74.8 Å². The van der Waals surface area contributed by atoms with Gasteiger partial charge in [-0.2, -0.15) is 0 Å². The summed E-state index contributed by atoms with van der Waals surface area (Å²) in [7, 11) is 1.89. The predicted octanol–water partition coefficient (Wildman–Crippen LogP) is 5.31. The summed E-state index contributed by atoms with van der Waals surface area (Å²) in [5, 5.41) is 9.84. The minimum Gasteiger partial charge on any atom is -0.388 e. The molecule has 2 aromatic heterocycles. The molecule has 2 heterocycles. The molecule has 2 fully saturated rings. The molecule has 8 heteroatoms. The van der Waals surface area contributed by atoms with E-state index in [1.165, 1.54) is 0 Å². The zero-order valence-corrected chi connectivity index (χ0v) is 18.0. The van der Waals surface area contributed by atoms with Crippen LogP contribution in [-0.4, -0.2) is 34.0 Å². The highest BCUT2D eigenvalue weighted by molar-refractivity contribution is 5.73. The van der Waals surface area contributed by atoms with Gasteiger partial charge in [0.1, 0.15) is 17.2 Å². The Morgan fingerprint density at radius 1 is 1.12 bits per heavy atom. The summed E-state index contributed by atoms with van der Waals surface area (Å²) in [5.74, 6) is -1.12. The maximum atomic E-state index is 13.2. The number of benzene rings is 1. The Hall–Kier alpha value is -3.29. The number of rotatable bonds is 7. The number of aromatic nitrogens is 3. The average Bonchev–Trinajstić information content (AvgIpc) is 2.74. The maximum absolute atomic E-state index is 13.2. The fourth-order valence-corrected chi connectivity index (χ4v) is 4.99. The Bertz CT molecular complexity index is 1160. The summed E-state index contributed by atoms with van der Waals surface area (Å²) in [4.78, 5) is 13.6. The fourth-order valence-electron chi connectivity index (χ4n) is 4.99. The molecule has 166 valence electrons. The van der Waals surface area contributed by atoms with Crippen LogP contribution in [-0.2, 0) is 6.54 Å². The molecule has 2 aliphatic rings. The molecule has 0 atom stereocenters. The van der Waals surface area contributed by atoms with Gasteiger partial charge in [0.2, 0.25) is 5.92 Å². The van der Waals surface area contributed by atoms with Crippen LogP contribution in [0.2, 0.25) is 0 Å². The van der Waals surface area contributed by atoms with Gasteiger partial charge in [0.15, 0.2) is 5.65 Å². The van der Waals surface area contributed by atoms with Crippen molar-refractivity contribution in [1.82, 2.24) is 15.0 Å². The van der Waals surface area contributed by atoms with Crippen LogP contribution in [0.15, 0.2) is 43.1 Å². The minimum absolute atomic E-state index is 0.0238. The van der Waals surface area contributed by atoms with E-state index >= 15 is 0 Å². The van der Waals surface area contributed by atoms with E-state index < -0.39 is 5.92 Å². The standard InChI is InChI=1S/C24H26F2N6/c1-3-16-5-4-15(8-19(16)27-2)11-29-21-12-28-18-6-7-20(31-22(18)32-21)30-17-9-23(10-17)13-24(25,26)14-23/h3-8,12,17,27H,1,9-11,13-14H2,2H3,(H2,29,30,31,32). The molecule has 3 N–H and O–H groups in total. The molecule has 0 aliphatic heterocycles. The summed E-state index contributed by atoms with van der Waals surface area (Å²) in [6.07, 6.45) is 5.11. The lowest BCUT2D eigenvalue weighted by atomic mass is 9.52. The highest BCUT2D eigenvalue weighted by Gasteiger charge is 2.61. The molecule has 2 saturated carbocycles. The summed E-state index contributed by atoms with van der Waals surface area (Å²) < 4.78 is 26.4. The van der Waals surface area contributed by atoms with Crippen LogP contribution in [0.5, 0.6) is 0 Å². The molecule has 0 saturated heterocycles. The van der Waals surface area contributed by atoms with Crippen LogP contribution in [0, 0.1) is 5.41 Å². The summed E-state index contributed by atoms with van der Waals surface area (Å²) in [5.41, 5.74) is 4.26. The third-order valence-electron chi connectivity index (χ3n) is 6.47. The molecule has 0 radical (unpaired) electrons. The van der Waals surface area contributed by atoms with E-state index in [9.17, 15) is 8.78 Å². The molecular weight excluding hydrogens is 410 g/mol. The molecule has 0 unspecified atom stereocenters. The Kier molecular flexibility index (Phi) is 4.95. The average molecular weight is 437 g/mol. The zero-order valence-electron chi connectivity index (χ0n) is 18.0. The number of alkyl halides is 2. The molecule has 5 rings (SSSR count). The van der Waals surface area contributed by atoms with Crippen molar-refractivity contribution in [1.29, 1.82) is 0 Å². The van der Waals surface area contributed by atoms with Gasteiger partial charge < -0.3 is 16.0 Å². The Labute approximate surface area is 185 Å². The van der Waals surface area contributed by atoms with Gasteiger partial charge in [-0.1, -0.05) is 24.8 Å². The molecule has 0 amide bonds. The lowest BCUT2D eigenvalue weighted by Gasteiger charge is -2.57. The highest BCUT2D eigenvalue weighted by atomic mass is 19.3. The monoisotopic (exact) mass is 436 g/mol. The number of fused-ring (bicyclic) bond motifs is 1. The number of pyridine rings is 1. The van der Waals surface area contributed by atoms with Crippen molar-refractivity contribution in [3.05, 3.63) is 54.2 Å². The highest BCUT2D eigenvalue weighted by Crippen LogP contribution is 2.62. The minimum atomic E-state index is -2.46. The molecule has 1 spiro atoms. The van der Waals surface area contributed by atoms with Crippen molar-refractivity contribution in [3.63, 3.8) is 0 Å². The van der Waals surface area contributed by atoms with E-state index in [-0.39, 0.29) is 24.3 Å². The first-order valence-electron chi connectivity index (χ1n) is 10.8. The van der Waals surface area contributed by atoms with Crippen LogP contribution in [0.1, 0.15) is 36.8 Å². The van der Waals surface area contributed by atoms with E-state index in [4.69, 9.17) is 0 Å². The second-order valence-corrected chi connectivity index (χ2v) is 8.98. The van der Waals surface area contributed by atoms with E-state index in [0.29, 0.717) is 29.3 Å². The number of hydrogen-bond donors (Lipinski definition) is 3. The van der Waals surface area contributed by atoms with Crippen LogP contribution < -0.4 is 16.0 Å². The normalized spacial score (nSPS) is 18.6. The lowest BCUT2D eigenvalue weighted by Crippen LogP contribution is -2.57. The number of nitrogens with zero attached hydrogens (tertiary/aromatic N) is 3. The van der Waals surface area contributed by atoms with Gasteiger partial charge in [0.25, 0.3) is 0 Å². The van der Waals surface area contributed by atoms with Crippen LogP contribution in [0.25, 0.3) is 17.2 Å². The third kappa shape index (κ3) is 3.97. The molecule has 2 aliphatic carbocycles. The van der Waals surface area contributed by atoms with Gasteiger partial charge >= 0.3 is 0 Å². The zero-order chi connectivity index (χ0) is 22.3. The van der Waals surface area contributed by atoms with Crippen molar-refractivity contribution in [2.75, 3.05) is 23.0 Å². The van der Waals surface area contributed by atoms with E-state index in [1.807, 2.05) is 37.4 Å². The fraction of sp³-hybridized carbons (Fsp3) is 0.375. The number of halogens is 2. The first-order chi connectivity index (χ1) is 15.4. The van der Waals surface area contributed by atoms with Crippen molar-refractivity contribution in [3.8, 4) is 0 Å². The molecule has 32 heavy (non-hydrogen) atoms. The molecular formula is C24H26F2N6. The molecule has 1 aromatic carbocycles. The van der Waals surface area contributed by atoms with Gasteiger partial charge in [0.05, 0.1) is 6.20 Å². The van der Waals surface area contributed by atoms with Crippen molar-refractivity contribution >= 4 is 34.6 Å². The van der Waals surface area contributed by atoms with E-state index in [2.05, 4.69) is 43.5 Å². The number of hydrogen-bond acceptors (Lipinski definition) is 6. The number of nitrogens with one attached hydrogen (secondary N) is 3. The summed E-state index contributed by atoms with van der Waals surface area (Å²) in [6, 6.07) is 10.1. The molecule has 6 nitrogen and oxygen atoms in total. The van der Waals surface area contributed by atoms with Crippen LogP contribution >= 0.6 is 0 Å². The first kappa shape index (κ1) is 20.6. The van der Waals surface area contributed by atoms with Gasteiger partial charge in [-0.25, -0.2) is 23.7 Å². The molecule has 3 aromatic rings. The smallest absolute Gasteiger partial charge is 0.249 e. The lowest BCUT2D eigenvalue weighted by molar-refractivity contribution is -0.193. The van der Waals surface area contributed by atoms with Gasteiger partial charge in [-0.05, 0) is 47.6 Å². The van der Waals surface area contributed by atoms with Crippen molar-refractivity contribution < 1.29 is 8.78 Å². The van der Waals surface area contributed by atoms with Gasteiger partial charge in [0, 0.05) is 38.2 Å². The largest absolute Gasteiger partial charge is 0.388 e. The predicted molar refractivity (Wildman–Crippen MR) is 124 cm³/mol. The van der Waals surface area contributed by atoms with E-state index in [0.717, 1.165) is 29.7 Å². The SMILES string of the molecule is C=Cc1ccc(CNc2cnc3ccc(NC4CC5(C4)CC(F)(F)C5)nc3n2)cc1NC. The van der Waals surface area contributed by atoms with Crippen molar-refractivity contribution in [2.45, 2.75) is 44.2 Å². The van der Waals surface area contributed by atoms with Gasteiger partial charge in [-0.3, -0.25) is 0 Å². The molecule has 0 bridgehead atoms. The van der Waals surface area contributed by atoms with Gasteiger partial charge in [-0.15, -0.1) is 0 Å². The Balaban J connectivity index is 1.23. The second kappa shape index (κ2) is 7.69. The Morgan fingerprint density at radius 3 is 2.62 bits per heavy atom. The maximum Gasteiger partial charge on any atom is 0.249 e. The third-order valence-corrected chi connectivity index (χ3v) is 6.47. The van der Waals surface area contributed by atoms with E-state index in [1.54, 1.807) is 6.20 Å². The summed E-state index contributed by atoms with van der Waals surface area (Å²) in [6.45, 7) is 4.43. The van der Waals surface area contributed by atoms with Crippen LogP contribution in [0.4, 0.5) is 26.1 Å². The summed E-state index contributed by atoms with van der Waals surface area (Å²) >= 11 is 0. The number of anilines is 3. The second-order valence-electron chi connectivity index (χ2n) is 8.98. The quantitative estimate of drug-likeness (QED) is 0.466. The first-order valence-corrected chi connectivity index (χ1v) is 10.8. The Morgan fingerprint density at radius 2 is 1.91 bits per heavy atom. The van der Waals surface area contributed by atoms with Crippen molar-refractivity contribution in [2.24, 2.45) is 5.41 Å².